The molecule has 2 aliphatic rings. The van der Waals surface area contributed by atoms with Gasteiger partial charge in [-0.15, -0.1) is 24.2 Å². The highest BCUT2D eigenvalue weighted by Crippen LogP contribution is 2.44. The summed E-state index contributed by atoms with van der Waals surface area (Å²) in [6.45, 7) is 4.07. The van der Waals surface area contributed by atoms with Gasteiger partial charge in [-0.25, -0.2) is 0 Å². The fraction of sp³-hybridized carbons (Fsp3) is 0.800. The molecular formula is C10H17ClN2O3S. The van der Waals surface area contributed by atoms with Crippen LogP contribution in [0, 0.1) is 11.3 Å². The number of amides is 1. The number of thioether (sulfide) groups is 1. The van der Waals surface area contributed by atoms with Crippen molar-refractivity contribution in [1.82, 2.24) is 4.90 Å². The van der Waals surface area contributed by atoms with E-state index in [1.54, 1.807) is 4.90 Å². The number of carboxylic acids is 1. The average molecular weight is 281 g/mol. The predicted molar refractivity (Wildman–Crippen MR) is 68.1 cm³/mol. The number of nitrogens with zero attached hydrogens (tertiary/aromatic N) is 1. The number of fused-ring (bicyclic) bond motifs is 1. The number of carbonyl (C=O) groups excluding carboxylic acids is 1. The van der Waals surface area contributed by atoms with Gasteiger partial charge in [-0.1, -0.05) is 13.8 Å². The molecule has 0 spiro atoms. The lowest BCUT2D eigenvalue weighted by atomic mass is 9.77. The summed E-state index contributed by atoms with van der Waals surface area (Å²) >= 11 is 1.49. The molecule has 0 saturated carbocycles. The van der Waals surface area contributed by atoms with Crippen LogP contribution in [0.15, 0.2) is 0 Å². The molecule has 2 saturated heterocycles. The third-order valence-corrected chi connectivity index (χ3v) is 5.25. The van der Waals surface area contributed by atoms with E-state index in [0.29, 0.717) is 12.3 Å². The van der Waals surface area contributed by atoms with E-state index in [-0.39, 0.29) is 29.6 Å². The highest BCUT2D eigenvalue weighted by atomic mass is 35.5. The Kier molecular flexibility index (Phi) is 4.01. The van der Waals surface area contributed by atoms with Crippen LogP contribution in [0.25, 0.3) is 0 Å². The zero-order valence-corrected chi connectivity index (χ0v) is 11.4. The molecule has 2 rings (SSSR count). The van der Waals surface area contributed by atoms with E-state index in [4.69, 9.17) is 5.73 Å². The third-order valence-electron chi connectivity index (χ3n) is 3.68. The van der Waals surface area contributed by atoms with Gasteiger partial charge in [-0.3, -0.25) is 9.59 Å². The summed E-state index contributed by atoms with van der Waals surface area (Å²) < 4.78 is 0. The van der Waals surface area contributed by atoms with Gasteiger partial charge in [-0.05, 0) is 5.92 Å². The summed E-state index contributed by atoms with van der Waals surface area (Å²) in [7, 11) is 0. The van der Waals surface area contributed by atoms with Gasteiger partial charge in [0.25, 0.3) is 0 Å². The van der Waals surface area contributed by atoms with E-state index in [1.165, 1.54) is 11.8 Å². The maximum atomic E-state index is 11.5. The number of carboxylic acid groups (broad SMARTS) is 1. The molecule has 2 heterocycles. The SMILES string of the molecule is CC(C)C1(C(=O)O)CS[C@@H]2C(N)C(=O)N2C1.Cl. The first kappa shape index (κ1) is 14.6. The molecule has 0 aromatic rings. The van der Waals surface area contributed by atoms with E-state index in [9.17, 15) is 14.7 Å². The van der Waals surface area contributed by atoms with Crippen molar-refractivity contribution in [1.29, 1.82) is 0 Å². The Hall–Kier alpha value is -0.460. The zero-order valence-electron chi connectivity index (χ0n) is 9.75. The van der Waals surface area contributed by atoms with Crippen LogP contribution in [0.5, 0.6) is 0 Å². The molecule has 7 heteroatoms. The first-order valence-electron chi connectivity index (χ1n) is 5.31. The molecule has 5 nitrogen and oxygen atoms in total. The van der Waals surface area contributed by atoms with Crippen LogP contribution >= 0.6 is 24.2 Å². The molecule has 3 N–H and O–H groups in total. The van der Waals surface area contributed by atoms with Crippen molar-refractivity contribution in [3.63, 3.8) is 0 Å². The monoisotopic (exact) mass is 280 g/mol. The molecule has 0 aromatic carbocycles. The Morgan fingerprint density at radius 1 is 1.65 bits per heavy atom. The van der Waals surface area contributed by atoms with Crippen molar-refractivity contribution < 1.29 is 14.7 Å². The smallest absolute Gasteiger partial charge is 0.312 e. The van der Waals surface area contributed by atoms with Gasteiger partial charge in [0.1, 0.15) is 11.4 Å². The van der Waals surface area contributed by atoms with Crippen molar-refractivity contribution in [2.45, 2.75) is 25.3 Å². The average Bonchev–Trinajstić information content (AvgIpc) is 2.26. The Labute approximate surface area is 111 Å². The minimum atomic E-state index is -0.822. The number of hydrogen-bond donors (Lipinski definition) is 2. The first-order valence-corrected chi connectivity index (χ1v) is 6.36. The first-order chi connectivity index (χ1) is 7.40. The maximum absolute atomic E-state index is 11.5. The number of aliphatic carboxylic acids is 1. The second kappa shape index (κ2) is 4.66. The molecule has 98 valence electrons. The zero-order chi connectivity index (χ0) is 12.1. The Morgan fingerprint density at radius 3 is 2.71 bits per heavy atom. The van der Waals surface area contributed by atoms with Crippen molar-refractivity contribution in [3.05, 3.63) is 0 Å². The van der Waals surface area contributed by atoms with Gasteiger partial charge in [-0.2, -0.15) is 0 Å². The van der Waals surface area contributed by atoms with Gasteiger partial charge in [0.2, 0.25) is 5.91 Å². The molecule has 2 fully saturated rings. The molecule has 0 radical (unpaired) electrons. The van der Waals surface area contributed by atoms with E-state index < -0.39 is 17.4 Å². The molecule has 3 atom stereocenters. The minimum Gasteiger partial charge on any atom is -0.481 e. The topological polar surface area (TPSA) is 83.6 Å². The summed E-state index contributed by atoms with van der Waals surface area (Å²) in [5.41, 5.74) is 4.84. The third kappa shape index (κ3) is 1.92. The van der Waals surface area contributed by atoms with Crippen molar-refractivity contribution in [3.8, 4) is 0 Å². The van der Waals surface area contributed by atoms with E-state index in [0.717, 1.165) is 0 Å². The van der Waals surface area contributed by atoms with Gasteiger partial charge in [0, 0.05) is 12.3 Å². The highest BCUT2D eigenvalue weighted by molar-refractivity contribution is 8.00. The minimum absolute atomic E-state index is 0. The van der Waals surface area contributed by atoms with Crippen molar-refractivity contribution >= 4 is 36.0 Å². The van der Waals surface area contributed by atoms with Gasteiger partial charge in [0.05, 0.1) is 5.41 Å². The summed E-state index contributed by atoms with van der Waals surface area (Å²) in [4.78, 5) is 24.5. The molecule has 2 unspecified atom stereocenters. The number of halogens is 1. The quantitative estimate of drug-likeness (QED) is 0.715. The van der Waals surface area contributed by atoms with E-state index in [1.807, 2.05) is 13.8 Å². The van der Waals surface area contributed by atoms with Crippen LogP contribution in [0.4, 0.5) is 0 Å². The lowest BCUT2D eigenvalue weighted by Gasteiger charge is -2.53. The predicted octanol–water partition coefficient (Wildman–Crippen LogP) is 0.378. The van der Waals surface area contributed by atoms with Gasteiger partial charge < -0.3 is 15.7 Å². The second-order valence-corrected chi connectivity index (χ2v) is 5.91. The summed E-state index contributed by atoms with van der Waals surface area (Å²) in [6.07, 6.45) is 0. The number of carbonyl (C=O) groups is 2. The Morgan fingerprint density at radius 2 is 2.24 bits per heavy atom. The fourth-order valence-corrected chi connectivity index (χ4v) is 3.92. The van der Waals surface area contributed by atoms with Crippen LogP contribution in [0.3, 0.4) is 0 Å². The van der Waals surface area contributed by atoms with Crippen LogP contribution in [0.2, 0.25) is 0 Å². The van der Waals surface area contributed by atoms with E-state index >= 15 is 0 Å². The van der Waals surface area contributed by atoms with Crippen LogP contribution in [-0.4, -0.2) is 45.6 Å². The highest BCUT2D eigenvalue weighted by Gasteiger charge is 2.56. The summed E-state index contributed by atoms with van der Waals surface area (Å²) in [5.74, 6) is -0.407. The van der Waals surface area contributed by atoms with Crippen molar-refractivity contribution in [2.24, 2.45) is 17.1 Å². The lowest BCUT2D eigenvalue weighted by Crippen LogP contribution is -2.72. The van der Waals surface area contributed by atoms with Crippen LogP contribution in [-0.2, 0) is 9.59 Å². The standard InChI is InChI=1S/C10H16N2O3S.ClH/c1-5(2)10(9(14)15)3-12-7(13)6(11)8(12)16-4-10;/h5-6,8H,3-4,11H2,1-2H3,(H,14,15);1H/t6?,8-,10?;/m1./s1. The summed E-state index contributed by atoms with van der Waals surface area (Å²) in [5, 5.41) is 9.34. The van der Waals surface area contributed by atoms with Crippen LogP contribution < -0.4 is 5.73 Å². The Balaban J connectivity index is 0.00000144. The van der Waals surface area contributed by atoms with Gasteiger partial charge >= 0.3 is 5.97 Å². The summed E-state index contributed by atoms with van der Waals surface area (Å²) in [6, 6.07) is -0.441. The Bertz CT molecular complexity index is 352. The van der Waals surface area contributed by atoms with Gasteiger partial charge in [0.15, 0.2) is 0 Å². The molecule has 2 aliphatic heterocycles. The van der Waals surface area contributed by atoms with Crippen molar-refractivity contribution in [2.75, 3.05) is 12.3 Å². The molecule has 0 aromatic heterocycles. The van der Waals surface area contributed by atoms with Crippen LogP contribution in [0.1, 0.15) is 13.8 Å². The lowest BCUT2D eigenvalue weighted by molar-refractivity contribution is -0.159. The maximum Gasteiger partial charge on any atom is 0.312 e. The fourth-order valence-electron chi connectivity index (χ4n) is 2.22. The molecule has 1 amide bonds. The molecule has 17 heavy (non-hydrogen) atoms. The second-order valence-electron chi connectivity index (χ2n) is 4.81. The molecule has 0 bridgehead atoms. The normalized spacial score (nSPS) is 36.0. The van der Waals surface area contributed by atoms with E-state index in [2.05, 4.69) is 0 Å². The number of nitrogens with two attached hydrogens (primary N) is 1. The number of hydrogen-bond acceptors (Lipinski definition) is 4. The number of rotatable bonds is 2. The largest absolute Gasteiger partial charge is 0.481 e. The molecule has 0 aliphatic carbocycles. The molecular weight excluding hydrogens is 264 g/mol. The number of β-lactam (4-membered cyclic amide) rings is 1.